The predicted molar refractivity (Wildman–Crippen MR) is 108 cm³/mol. The Morgan fingerprint density at radius 2 is 1.42 bits per heavy atom. The van der Waals surface area contributed by atoms with Crippen LogP contribution in [0.2, 0.25) is 0 Å². The number of thioether (sulfide) groups is 1. The van der Waals surface area contributed by atoms with E-state index in [1.807, 2.05) is 24.0 Å². The number of aromatic nitrogens is 2. The standard InChI is InChI=1S/C20H24BN2S/c1-20(2,3)24-17-21(23-16-10-15-22-23,18-11-6-4-7-12-18)19-13-8-5-9-14-19/h4-16H,17H2,1-3H3/q-1. The lowest BCUT2D eigenvalue weighted by Crippen LogP contribution is -2.67. The molecular formula is C20H24BN2S-. The monoisotopic (exact) mass is 335 g/mol. The van der Waals surface area contributed by atoms with Crippen molar-refractivity contribution in [3.8, 4) is 0 Å². The van der Waals surface area contributed by atoms with E-state index >= 15 is 0 Å². The number of nitrogens with zero attached hydrogens (tertiary/aromatic N) is 2. The third kappa shape index (κ3) is 3.44. The van der Waals surface area contributed by atoms with Crippen LogP contribution in [0.1, 0.15) is 20.8 Å². The molecule has 1 heterocycles. The van der Waals surface area contributed by atoms with Gasteiger partial charge in [0.1, 0.15) is 0 Å². The van der Waals surface area contributed by atoms with Gasteiger partial charge in [-0.15, -0.1) is 5.65 Å². The van der Waals surface area contributed by atoms with Crippen molar-refractivity contribution in [2.75, 3.05) is 5.65 Å². The van der Waals surface area contributed by atoms with Gasteiger partial charge in [0.15, 0.2) is 6.28 Å². The number of hydrogen-bond acceptors (Lipinski definition) is 2. The molecular weight excluding hydrogens is 311 g/mol. The highest BCUT2D eigenvalue weighted by atomic mass is 32.2. The normalized spacial score (nSPS) is 12.3. The van der Waals surface area contributed by atoms with Gasteiger partial charge in [-0.3, -0.25) is 0 Å². The summed E-state index contributed by atoms with van der Waals surface area (Å²) in [6, 6.07) is 23.6. The van der Waals surface area contributed by atoms with E-state index in [0.717, 1.165) is 5.65 Å². The van der Waals surface area contributed by atoms with Crippen molar-refractivity contribution >= 4 is 29.0 Å². The van der Waals surface area contributed by atoms with Crippen LogP contribution in [0.5, 0.6) is 0 Å². The second kappa shape index (κ2) is 6.90. The summed E-state index contributed by atoms with van der Waals surface area (Å²) in [5, 5.41) is 4.67. The number of benzene rings is 2. The fourth-order valence-corrected chi connectivity index (χ4v) is 4.50. The van der Waals surface area contributed by atoms with E-state index in [4.69, 9.17) is 0 Å². The first-order valence-electron chi connectivity index (χ1n) is 8.44. The molecule has 0 fully saturated rings. The van der Waals surface area contributed by atoms with Gasteiger partial charge in [-0.05, 0) is 12.3 Å². The maximum atomic E-state index is 4.67. The Morgan fingerprint density at radius 1 is 0.875 bits per heavy atom. The Morgan fingerprint density at radius 3 is 1.83 bits per heavy atom. The summed E-state index contributed by atoms with van der Waals surface area (Å²) in [6.07, 6.45) is 2.81. The van der Waals surface area contributed by atoms with Gasteiger partial charge in [0.25, 0.3) is 0 Å². The number of hydrogen-bond donors (Lipinski definition) is 0. The molecule has 0 aliphatic carbocycles. The van der Waals surface area contributed by atoms with E-state index in [1.165, 1.54) is 10.9 Å². The third-order valence-electron chi connectivity index (χ3n) is 4.44. The lowest BCUT2D eigenvalue weighted by molar-refractivity contribution is 0.804. The lowest BCUT2D eigenvalue weighted by atomic mass is 9.29. The molecule has 0 radical (unpaired) electrons. The minimum Gasteiger partial charge on any atom is -0.435 e. The fourth-order valence-electron chi connectivity index (χ4n) is 3.22. The van der Waals surface area contributed by atoms with E-state index in [9.17, 15) is 0 Å². The summed E-state index contributed by atoms with van der Waals surface area (Å²) >= 11 is 2.00. The molecule has 4 heteroatoms. The van der Waals surface area contributed by atoms with Crippen molar-refractivity contribution < 1.29 is 0 Å². The molecule has 2 nitrogen and oxygen atoms in total. The maximum absolute atomic E-state index is 4.67. The van der Waals surface area contributed by atoms with Gasteiger partial charge in [0, 0.05) is 10.9 Å². The van der Waals surface area contributed by atoms with Crippen LogP contribution >= 0.6 is 11.8 Å². The summed E-state index contributed by atoms with van der Waals surface area (Å²) < 4.78 is 2.37. The van der Waals surface area contributed by atoms with E-state index < -0.39 is 6.28 Å². The third-order valence-corrected chi connectivity index (χ3v) is 5.95. The Labute approximate surface area is 149 Å². The highest BCUT2D eigenvalue weighted by Crippen LogP contribution is 2.27. The SMILES string of the molecule is CC(C)(C)SC[B-](c1ccccc1)(c1ccccc1)n1cccn1. The molecule has 0 saturated heterocycles. The second-order valence-electron chi connectivity index (χ2n) is 7.22. The average molecular weight is 335 g/mol. The summed E-state index contributed by atoms with van der Waals surface area (Å²) in [6.45, 7) is 6.83. The highest BCUT2D eigenvalue weighted by Gasteiger charge is 2.32. The molecule has 124 valence electrons. The first-order valence-corrected chi connectivity index (χ1v) is 9.43. The highest BCUT2D eigenvalue weighted by molar-refractivity contribution is 8.02. The minimum absolute atomic E-state index is 0.198. The summed E-state index contributed by atoms with van der Waals surface area (Å²) in [5.74, 6) is 0. The lowest BCUT2D eigenvalue weighted by Gasteiger charge is -2.44. The van der Waals surface area contributed by atoms with Crippen LogP contribution in [0.3, 0.4) is 0 Å². The van der Waals surface area contributed by atoms with Gasteiger partial charge in [-0.2, -0.15) is 22.7 Å². The topological polar surface area (TPSA) is 17.8 Å². The van der Waals surface area contributed by atoms with Gasteiger partial charge < -0.3 is 4.59 Å². The van der Waals surface area contributed by atoms with Crippen molar-refractivity contribution in [3.63, 3.8) is 0 Å². The van der Waals surface area contributed by atoms with E-state index in [2.05, 4.69) is 97.3 Å². The van der Waals surface area contributed by atoms with E-state index in [-0.39, 0.29) is 4.75 Å². The molecule has 2 aromatic carbocycles. The van der Waals surface area contributed by atoms with Gasteiger partial charge >= 0.3 is 0 Å². The molecule has 3 aromatic rings. The van der Waals surface area contributed by atoms with E-state index in [0.29, 0.717) is 0 Å². The molecule has 24 heavy (non-hydrogen) atoms. The molecule has 0 saturated carbocycles. The van der Waals surface area contributed by atoms with Crippen molar-refractivity contribution in [1.82, 2.24) is 9.69 Å². The van der Waals surface area contributed by atoms with Crippen molar-refractivity contribution in [3.05, 3.63) is 79.1 Å². The van der Waals surface area contributed by atoms with Crippen LogP contribution < -0.4 is 10.9 Å². The number of rotatable bonds is 5. The van der Waals surface area contributed by atoms with Crippen molar-refractivity contribution in [1.29, 1.82) is 0 Å². The van der Waals surface area contributed by atoms with Crippen LogP contribution in [-0.4, -0.2) is 26.4 Å². The Bertz CT molecular complexity index is 710. The summed E-state index contributed by atoms with van der Waals surface area (Å²) in [5.41, 5.74) is 3.63. The second-order valence-corrected chi connectivity index (χ2v) is 9.07. The zero-order chi connectivity index (χ0) is 17.0. The average Bonchev–Trinajstić information content (AvgIpc) is 3.11. The Balaban J connectivity index is 2.21. The molecule has 0 N–H and O–H groups in total. The quantitative estimate of drug-likeness (QED) is 0.664. The van der Waals surface area contributed by atoms with Crippen molar-refractivity contribution in [2.24, 2.45) is 0 Å². The van der Waals surface area contributed by atoms with Gasteiger partial charge in [-0.1, -0.05) is 81.4 Å². The molecule has 1 aromatic heterocycles. The van der Waals surface area contributed by atoms with E-state index in [1.54, 1.807) is 0 Å². The smallest absolute Gasteiger partial charge is 0.175 e. The fraction of sp³-hybridized carbons (Fsp3) is 0.250. The molecule has 0 amide bonds. The van der Waals surface area contributed by atoms with Crippen molar-refractivity contribution in [2.45, 2.75) is 25.5 Å². The van der Waals surface area contributed by atoms with Crippen LogP contribution in [0.4, 0.5) is 0 Å². The summed E-state index contributed by atoms with van der Waals surface area (Å²) in [7, 11) is 0. The zero-order valence-corrected chi connectivity index (χ0v) is 15.4. The molecule has 0 unspecified atom stereocenters. The summed E-state index contributed by atoms with van der Waals surface area (Å²) in [4.78, 5) is 0. The van der Waals surface area contributed by atoms with Gasteiger partial charge in [0.05, 0.1) is 0 Å². The molecule has 0 bridgehead atoms. The van der Waals surface area contributed by atoms with Gasteiger partial charge in [0.2, 0.25) is 0 Å². The largest absolute Gasteiger partial charge is 0.435 e. The first-order chi connectivity index (χ1) is 11.5. The maximum Gasteiger partial charge on any atom is 0.175 e. The minimum atomic E-state index is -1.17. The first kappa shape index (κ1) is 16.9. The van der Waals surface area contributed by atoms with Crippen LogP contribution in [0.15, 0.2) is 79.1 Å². The Kier molecular flexibility index (Phi) is 4.86. The zero-order valence-electron chi connectivity index (χ0n) is 14.6. The molecule has 0 aliphatic rings. The van der Waals surface area contributed by atoms with Crippen LogP contribution in [-0.2, 0) is 0 Å². The molecule has 0 aliphatic heterocycles. The van der Waals surface area contributed by atoms with Crippen LogP contribution in [0, 0.1) is 0 Å². The predicted octanol–water partition coefficient (Wildman–Crippen LogP) is 3.56. The molecule has 0 atom stereocenters. The van der Waals surface area contributed by atoms with Crippen LogP contribution in [0.25, 0.3) is 0 Å². The molecule has 3 rings (SSSR count). The Hall–Kier alpha value is -1.94. The molecule has 0 spiro atoms. The van der Waals surface area contributed by atoms with Gasteiger partial charge in [-0.25, -0.2) is 5.10 Å².